The first-order valence-electron chi connectivity index (χ1n) is 3.55. The molecule has 68 valence electrons. The molecule has 0 aromatic carbocycles. The lowest BCUT2D eigenvalue weighted by atomic mass is 9.91. The zero-order valence-corrected chi connectivity index (χ0v) is 6.55. The quantitative estimate of drug-likeness (QED) is 0.388. The molecule has 0 aromatic rings. The first-order valence-corrected chi connectivity index (χ1v) is 3.55. The number of carboxylic acid groups (broad SMARTS) is 1. The van der Waals surface area contributed by atoms with E-state index >= 15 is 0 Å². The van der Waals surface area contributed by atoms with Crippen molar-refractivity contribution in [3.8, 4) is 0 Å². The lowest BCUT2D eigenvalue weighted by Gasteiger charge is -2.01. The smallest absolute Gasteiger partial charge is 0.480 e. The molecule has 5 N–H and O–H groups in total. The third-order valence-electron chi connectivity index (χ3n) is 1.27. The topological polar surface area (TPSA) is 104 Å². The minimum Gasteiger partial charge on any atom is -0.480 e. The molecule has 0 amide bonds. The van der Waals surface area contributed by atoms with Crippen LogP contribution in [0.5, 0.6) is 0 Å². The van der Waals surface area contributed by atoms with E-state index in [1.54, 1.807) is 0 Å². The van der Waals surface area contributed by atoms with Gasteiger partial charge in [0.05, 0.1) is 0 Å². The van der Waals surface area contributed by atoms with Crippen LogP contribution in [0.2, 0.25) is 0 Å². The fourth-order valence-corrected chi connectivity index (χ4v) is 0.617. The summed E-state index contributed by atoms with van der Waals surface area (Å²) in [7, 11) is -1.48. The van der Waals surface area contributed by atoms with Crippen LogP contribution in [0, 0.1) is 0 Å². The van der Waals surface area contributed by atoms with Crippen molar-refractivity contribution in [3.05, 3.63) is 12.1 Å². The number of allylic oxidation sites excluding steroid dienone is 1. The molecule has 0 bridgehead atoms. The summed E-state index contributed by atoms with van der Waals surface area (Å²) in [5.74, 6) is 0.113. The second kappa shape index (κ2) is 5.76. The summed E-state index contributed by atoms with van der Waals surface area (Å²) in [4.78, 5) is 10.2. The van der Waals surface area contributed by atoms with Crippen LogP contribution in [0.15, 0.2) is 12.1 Å². The van der Waals surface area contributed by atoms with Crippen molar-refractivity contribution in [2.45, 2.75) is 18.9 Å². The van der Waals surface area contributed by atoms with E-state index in [0.717, 1.165) is 5.98 Å². The number of carboxylic acids is 1. The monoisotopic (exact) mass is 173 g/mol. The minimum absolute atomic E-state index is 0.290. The van der Waals surface area contributed by atoms with Gasteiger partial charge < -0.3 is 20.9 Å². The normalized spacial score (nSPS) is 13.2. The molecule has 0 fully saturated rings. The molecule has 0 aromatic heterocycles. The van der Waals surface area contributed by atoms with Gasteiger partial charge in [-0.1, -0.05) is 12.1 Å². The Balaban J connectivity index is 3.49. The molecule has 0 aliphatic rings. The van der Waals surface area contributed by atoms with Crippen molar-refractivity contribution in [3.63, 3.8) is 0 Å². The Kier molecular flexibility index (Phi) is 5.36. The predicted molar refractivity (Wildman–Crippen MR) is 44.2 cm³/mol. The van der Waals surface area contributed by atoms with Gasteiger partial charge >= 0.3 is 13.1 Å². The molecular weight excluding hydrogens is 161 g/mol. The largest absolute Gasteiger partial charge is 0.480 e. The van der Waals surface area contributed by atoms with Gasteiger partial charge in [-0.2, -0.15) is 0 Å². The molecule has 0 heterocycles. The van der Waals surface area contributed by atoms with Gasteiger partial charge in [-0.3, -0.25) is 4.79 Å². The maximum Gasteiger partial charge on any atom is 0.480 e. The molecule has 5 nitrogen and oxygen atoms in total. The first-order chi connectivity index (χ1) is 5.54. The highest BCUT2D eigenvalue weighted by atomic mass is 16.4. The van der Waals surface area contributed by atoms with Crippen LogP contribution in [-0.2, 0) is 4.79 Å². The van der Waals surface area contributed by atoms with Gasteiger partial charge in [-0.15, -0.1) is 0 Å². The molecule has 0 aliphatic heterocycles. The highest BCUT2D eigenvalue weighted by molar-refractivity contribution is 6.47. The van der Waals surface area contributed by atoms with E-state index < -0.39 is 19.1 Å². The molecule has 1 atom stereocenters. The molecule has 0 aliphatic carbocycles. The number of nitrogens with two attached hydrogens (primary N) is 1. The summed E-state index contributed by atoms with van der Waals surface area (Å²) < 4.78 is 0. The summed E-state index contributed by atoms with van der Waals surface area (Å²) in [6.07, 6.45) is 2.19. The Morgan fingerprint density at radius 2 is 2.17 bits per heavy atom. The molecule has 0 saturated carbocycles. The second-order valence-corrected chi connectivity index (χ2v) is 2.36. The van der Waals surface area contributed by atoms with Gasteiger partial charge in [0.2, 0.25) is 0 Å². The van der Waals surface area contributed by atoms with Crippen LogP contribution >= 0.6 is 0 Å². The molecule has 0 saturated heterocycles. The fraction of sp³-hybridized carbons (Fsp3) is 0.500. The highest BCUT2D eigenvalue weighted by Crippen LogP contribution is 1.95. The summed E-state index contributed by atoms with van der Waals surface area (Å²) >= 11 is 0. The third-order valence-corrected chi connectivity index (χ3v) is 1.27. The molecule has 0 radical (unpaired) electrons. The van der Waals surface area contributed by atoms with E-state index in [9.17, 15) is 4.79 Å². The van der Waals surface area contributed by atoms with E-state index in [0.29, 0.717) is 12.8 Å². The second-order valence-electron chi connectivity index (χ2n) is 2.36. The zero-order chi connectivity index (χ0) is 9.56. The Morgan fingerprint density at radius 1 is 1.58 bits per heavy atom. The molecular formula is C6H12BNO4. The molecule has 0 spiro atoms. The van der Waals surface area contributed by atoms with Crippen molar-refractivity contribution in [2.75, 3.05) is 0 Å². The molecule has 0 rings (SSSR count). The number of hydrogen-bond acceptors (Lipinski definition) is 4. The average Bonchev–Trinajstić information content (AvgIpc) is 1.97. The van der Waals surface area contributed by atoms with Crippen LogP contribution in [-0.4, -0.2) is 34.3 Å². The lowest BCUT2D eigenvalue weighted by molar-refractivity contribution is -0.138. The summed E-state index contributed by atoms with van der Waals surface area (Å²) in [5, 5.41) is 25.0. The first kappa shape index (κ1) is 11.2. The van der Waals surface area contributed by atoms with Crippen molar-refractivity contribution >= 4 is 13.1 Å². The van der Waals surface area contributed by atoms with Gasteiger partial charge in [0.25, 0.3) is 0 Å². The zero-order valence-electron chi connectivity index (χ0n) is 6.55. The van der Waals surface area contributed by atoms with Gasteiger partial charge in [-0.05, 0) is 12.8 Å². The molecule has 6 heteroatoms. The Hall–Kier alpha value is -0.845. The molecule has 12 heavy (non-hydrogen) atoms. The van der Waals surface area contributed by atoms with Gasteiger partial charge in [0, 0.05) is 0 Å². The van der Waals surface area contributed by atoms with E-state index in [4.69, 9.17) is 20.9 Å². The number of rotatable bonds is 5. The van der Waals surface area contributed by atoms with Gasteiger partial charge in [0.15, 0.2) is 0 Å². The standard InChI is InChI=1S/C6H12BNO4/c8-5(6(9)10)3-1-2-4-7(11)12/h2,4-5,11-12H,1,3,8H2,(H,9,10)/b4-2+/t5-/m0/s1. The lowest BCUT2D eigenvalue weighted by Crippen LogP contribution is -2.29. The number of aliphatic carboxylic acids is 1. The third kappa shape index (κ3) is 5.90. The Labute approximate surface area is 70.7 Å². The predicted octanol–water partition coefficient (Wildman–Crippen LogP) is -1.25. The van der Waals surface area contributed by atoms with Gasteiger partial charge in [0.1, 0.15) is 6.04 Å². The van der Waals surface area contributed by atoms with Crippen LogP contribution in [0.3, 0.4) is 0 Å². The van der Waals surface area contributed by atoms with Crippen LogP contribution in [0.1, 0.15) is 12.8 Å². The summed E-state index contributed by atoms with van der Waals surface area (Å²) in [6, 6.07) is -0.884. The van der Waals surface area contributed by atoms with Gasteiger partial charge in [-0.25, -0.2) is 0 Å². The van der Waals surface area contributed by atoms with Crippen LogP contribution < -0.4 is 5.73 Å². The number of carbonyl (C=O) groups is 1. The van der Waals surface area contributed by atoms with E-state index in [2.05, 4.69) is 0 Å². The Morgan fingerprint density at radius 3 is 2.58 bits per heavy atom. The highest BCUT2D eigenvalue weighted by Gasteiger charge is 2.09. The van der Waals surface area contributed by atoms with E-state index in [1.165, 1.54) is 6.08 Å². The summed E-state index contributed by atoms with van der Waals surface area (Å²) in [5.41, 5.74) is 5.17. The van der Waals surface area contributed by atoms with E-state index in [1.807, 2.05) is 0 Å². The fourth-order valence-electron chi connectivity index (χ4n) is 0.617. The van der Waals surface area contributed by atoms with Crippen molar-refractivity contribution < 1.29 is 19.9 Å². The van der Waals surface area contributed by atoms with Crippen molar-refractivity contribution in [1.82, 2.24) is 0 Å². The SMILES string of the molecule is N[C@@H](CC/C=C/B(O)O)C(=O)O. The molecule has 0 unspecified atom stereocenters. The van der Waals surface area contributed by atoms with Crippen molar-refractivity contribution in [1.29, 1.82) is 0 Å². The van der Waals surface area contributed by atoms with E-state index in [-0.39, 0.29) is 0 Å². The average molecular weight is 173 g/mol. The van der Waals surface area contributed by atoms with Crippen LogP contribution in [0.4, 0.5) is 0 Å². The van der Waals surface area contributed by atoms with Crippen molar-refractivity contribution in [2.24, 2.45) is 5.73 Å². The number of hydrogen-bond donors (Lipinski definition) is 4. The Bertz CT molecular complexity index is 171. The maximum atomic E-state index is 10.2. The van der Waals surface area contributed by atoms with Crippen LogP contribution in [0.25, 0.3) is 0 Å². The summed E-state index contributed by atoms with van der Waals surface area (Å²) in [6.45, 7) is 0. The maximum absolute atomic E-state index is 10.2. The minimum atomic E-state index is -1.48.